The second kappa shape index (κ2) is 11.5. The molecule has 0 spiro atoms. The average Bonchev–Trinajstić information content (AvgIpc) is 2.29. The molecule has 0 bridgehead atoms. The molecule has 0 aromatic heterocycles. The first-order valence-corrected chi connectivity index (χ1v) is 9.98. The molecule has 116 valence electrons. The van der Waals surface area contributed by atoms with Crippen LogP contribution in [0.4, 0.5) is 0 Å². The van der Waals surface area contributed by atoms with Gasteiger partial charge in [0.1, 0.15) is 16.2 Å². The molecule has 0 radical (unpaired) electrons. The standard InChI is InChI=1S/C9H15Cl6O3P/c10-4-1-7(13)17-19(16,9(15)3-6-12)18-8(14)2-5-11/h7-9H,1-6H2. The zero-order valence-electron chi connectivity index (χ0n) is 9.91. The van der Waals surface area contributed by atoms with Crippen molar-refractivity contribution in [2.24, 2.45) is 0 Å². The van der Waals surface area contributed by atoms with E-state index in [0.29, 0.717) is 12.8 Å². The normalized spacial score (nSPS) is 19.7. The Hall–Kier alpha value is 1.89. The largest absolute Gasteiger partial charge is 0.351 e. The molecule has 3 unspecified atom stereocenters. The summed E-state index contributed by atoms with van der Waals surface area (Å²) in [5.74, 6) is 0.709. The van der Waals surface area contributed by atoms with E-state index < -0.39 is 23.8 Å². The first kappa shape index (κ1) is 20.9. The Bertz CT molecular complexity index is 265. The Morgan fingerprint density at radius 3 is 1.47 bits per heavy atom. The summed E-state index contributed by atoms with van der Waals surface area (Å²) in [5, 5.41) is -0.932. The Balaban J connectivity index is 4.75. The highest BCUT2D eigenvalue weighted by atomic mass is 35.5. The molecule has 0 aromatic rings. The molecular formula is C9H15Cl6O3P. The minimum Gasteiger partial charge on any atom is -0.288 e. The zero-order valence-corrected chi connectivity index (χ0v) is 15.3. The molecule has 0 amide bonds. The van der Waals surface area contributed by atoms with Crippen LogP contribution in [0.3, 0.4) is 0 Å². The SMILES string of the molecule is O=P(OC(Cl)CCCl)(OC(Cl)CCCl)C(Cl)CCCl. The van der Waals surface area contributed by atoms with Gasteiger partial charge in [-0.05, 0) is 6.42 Å². The van der Waals surface area contributed by atoms with E-state index in [0.717, 1.165) is 0 Å². The lowest BCUT2D eigenvalue weighted by Gasteiger charge is -2.26. The molecule has 0 fully saturated rings. The molecule has 0 N–H and O–H groups in total. The first-order valence-electron chi connectivity index (χ1n) is 5.46. The molecule has 19 heavy (non-hydrogen) atoms. The number of alkyl halides is 6. The molecule has 0 aliphatic carbocycles. The van der Waals surface area contributed by atoms with Crippen molar-refractivity contribution in [2.45, 2.75) is 35.5 Å². The minimum absolute atomic E-state index is 0.204. The van der Waals surface area contributed by atoms with Gasteiger partial charge in [0.05, 0.1) is 0 Å². The maximum absolute atomic E-state index is 12.6. The highest BCUT2D eigenvalue weighted by Crippen LogP contribution is 2.59. The van der Waals surface area contributed by atoms with Gasteiger partial charge in [-0.3, -0.25) is 13.6 Å². The van der Waals surface area contributed by atoms with Gasteiger partial charge in [-0.25, -0.2) is 0 Å². The van der Waals surface area contributed by atoms with Gasteiger partial charge in [0.2, 0.25) is 0 Å². The van der Waals surface area contributed by atoms with Gasteiger partial charge in [-0.2, -0.15) is 0 Å². The predicted octanol–water partition coefficient (Wildman–Crippen LogP) is 5.79. The fourth-order valence-corrected chi connectivity index (χ4v) is 4.98. The molecule has 10 heteroatoms. The maximum Gasteiger partial charge on any atom is 0.351 e. The van der Waals surface area contributed by atoms with Crippen LogP contribution in [0.25, 0.3) is 0 Å². The topological polar surface area (TPSA) is 35.5 Å². The second-order valence-electron chi connectivity index (χ2n) is 3.44. The van der Waals surface area contributed by atoms with E-state index >= 15 is 0 Å². The summed E-state index contributed by atoms with van der Waals surface area (Å²) in [4.78, 5) is 0. The van der Waals surface area contributed by atoms with Crippen LogP contribution < -0.4 is 0 Å². The highest BCUT2D eigenvalue weighted by Gasteiger charge is 2.38. The third-order valence-electron chi connectivity index (χ3n) is 1.89. The molecule has 0 saturated heterocycles. The van der Waals surface area contributed by atoms with Crippen molar-refractivity contribution in [3.8, 4) is 0 Å². The van der Waals surface area contributed by atoms with Crippen molar-refractivity contribution < 1.29 is 13.6 Å². The fraction of sp³-hybridized carbons (Fsp3) is 1.00. The summed E-state index contributed by atoms with van der Waals surface area (Å²) in [5.41, 5.74) is -1.75. The van der Waals surface area contributed by atoms with Crippen LogP contribution in [0.15, 0.2) is 0 Å². The predicted molar refractivity (Wildman–Crippen MR) is 84.7 cm³/mol. The maximum atomic E-state index is 12.6. The van der Waals surface area contributed by atoms with E-state index in [1.807, 2.05) is 0 Å². The molecule has 0 rings (SSSR count). The number of hydrogen-bond donors (Lipinski definition) is 0. The van der Waals surface area contributed by atoms with Gasteiger partial charge in [0.25, 0.3) is 0 Å². The van der Waals surface area contributed by atoms with E-state index in [2.05, 4.69) is 0 Å². The lowest BCUT2D eigenvalue weighted by Crippen LogP contribution is -2.16. The summed E-state index contributed by atoms with van der Waals surface area (Å²) in [6.45, 7) is 0. The average molecular weight is 415 g/mol. The molecule has 0 aliphatic rings. The van der Waals surface area contributed by atoms with E-state index in [9.17, 15) is 4.57 Å². The Morgan fingerprint density at radius 2 is 1.16 bits per heavy atom. The lowest BCUT2D eigenvalue weighted by molar-refractivity contribution is 0.170. The highest BCUT2D eigenvalue weighted by molar-refractivity contribution is 7.56. The first-order chi connectivity index (χ1) is 8.89. The van der Waals surface area contributed by atoms with E-state index in [4.69, 9.17) is 78.7 Å². The number of halogens is 6. The van der Waals surface area contributed by atoms with Crippen molar-refractivity contribution in [1.82, 2.24) is 0 Å². The van der Waals surface area contributed by atoms with Crippen LogP contribution in [0.1, 0.15) is 19.3 Å². The summed E-state index contributed by atoms with van der Waals surface area (Å²) >= 11 is 34.3. The molecule has 0 aromatic carbocycles. The van der Waals surface area contributed by atoms with Gasteiger partial charge in [-0.1, -0.05) is 23.2 Å². The van der Waals surface area contributed by atoms with Crippen LogP contribution in [-0.2, 0) is 13.6 Å². The van der Waals surface area contributed by atoms with E-state index in [1.54, 1.807) is 0 Å². The van der Waals surface area contributed by atoms with Gasteiger partial charge >= 0.3 is 7.60 Å². The van der Waals surface area contributed by atoms with Gasteiger partial charge < -0.3 is 0 Å². The van der Waals surface area contributed by atoms with Crippen molar-refractivity contribution in [3.63, 3.8) is 0 Å². The Morgan fingerprint density at radius 1 is 0.789 bits per heavy atom. The summed E-state index contributed by atoms with van der Waals surface area (Å²) in [7, 11) is -3.70. The number of rotatable bonds is 11. The van der Waals surface area contributed by atoms with Crippen molar-refractivity contribution in [2.75, 3.05) is 17.6 Å². The molecule has 0 heterocycles. The molecule has 0 aliphatic heterocycles. The van der Waals surface area contributed by atoms with Crippen LogP contribution in [0.5, 0.6) is 0 Å². The smallest absolute Gasteiger partial charge is 0.288 e. The third kappa shape index (κ3) is 8.80. The van der Waals surface area contributed by atoms with Gasteiger partial charge in [0.15, 0.2) is 0 Å². The summed E-state index contributed by atoms with van der Waals surface area (Å²) in [6, 6.07) is 0. The van der Waals surface area contributed by atoms with Gasteiger partial charge in [-0.15, -0.1) is 46.4 Å². The zero-order chi connectivity index (χ0) is 14.9. The molecule has 3 atom stereocenters. The van der Waals surface area contributed by atoms with Crippen molar-refractivity contribution in [3.05, 3.63) is 0 Å². The lowest BCUT2D eigenvalue weighted by atomic mass is 10.5. The van der Waals surface area contributed by atoms with Gasteiger partial charge in [0, 0.05) is 30.5 Å². The Labute approximate surface area is 143 Å². The van der Waals surface area contributed by atoms with E-state index in [1.165, 1.54) is 0 Å². The fourth-order valence-electron chi connectivity index (χ4n) is 1.00. The van der Waals surface area contributed by atoms with Crippen LogP contribution in [0, 0.1) is 0 Å². The monoisotopic (exact) mass is 412 g/mol. The molecular weight excluding hydrogens is 400 g/mol. The van der Waals surface area contributed by atoms with Crippen molar-refractivity contribution in [1.29, 1.82) is 0 Å². The van der Waals surface area contributed by atoms with Crippen LogP contribution in [0.2, 0.25) is 0 Å². The van der Waals surface area contributed by atoms with Crippen LogP contribution in [-0.4, -0.2) is 33.9 Å². The summed E-state index contributed by atoms with van der Waals surface area (Å²) < 4.78 is 23.0. The van der Waals surface area contributed by atoms with E-state index in [-0.39, 0.29) is 24.1 Å². The second-order valence-corrected chi connectivity index (χ2v) is 8.50. The number of hydrogen-bond acceptors (Lipinski definition) is 3. The van der Waals surface area contributed by atoms with Crippen LogP contribution >= 0.6 is 77.2 Å². The molecule has 0 saturated carbocycles. The minimum atomic E-state index is -3.70. The third-order valence-corrected chi connectivity index (χ3v) is 6.38. The van der Waals surface area contributed by atoms with Crippen molar-refractivity contribution >= 4 is 77.2 Å². The Kier molecular flexibility index (Phi) is 12.6. The molecule has 3 nitrogen and oxygen atoms in total. The summed E-state index contributed by atoms with van der Waals surface area (Å²) in [6.07, 6.45) is 0.822. The quantitative estimate of drug-likeness (QED) is 0.317.